The summed E-state index contributed by atoms with van der Waals surface area (Å²) in [6.07, 6.45) is 9.64. The number of nitrogens with zero attached hydrogens (tertiary/aromatic N) is 2. The van der Waals surface area contributed by atoms with Crippen LogP contribution in [-0.4, -0.2) is 44.8 Å². The van der Waals surface area contributed by atoms with Gasteiger partial charge < -0.3 is 16.4 Å². The number of hydrogen-bond acceptors (Lipinski definition) is 5. The third kappa shape index (κ3) is 5.92. The zero-order valence-electron chi connectivity index (χ0n) is 20.1. The second-order valence-corrected chi connectivity index (χ2v) is 8.99. The van der Waals surface area contributed by atoms with Crippen LogP contribution in [0.1, 0.15) is 50.2 Å². The van der Waals surface area contributed by atoms with E-state index in [0.29, 0.717) is 11.8 Å². The molecule has 1 unspecified atom stereocenters. The molecule has 1 aromatic rings. The summed E-state index contributed by atoms with van der Waals surface area (Å²) < 4.78 is 0. The Balaban J connectivity index is 1.58. The highest BCUT2D eigenvalue weighted by Crippen LogP contribution is 2.30. The number of benzene rings is 1. The van der Waals surface area contributed by atoms with Crippen molar-refractivity contribution in [2.24, 2.45) is 16.6 Å². The Morgan fingerprint density at radius 2 is 1.94 bits per heavy atom. The zero-order valence-corrected chi connectivity index (χ0v) is 20.1. The molecule has 2 aliphatic rings. The smallest absolute Gasteiger partial charge is 0.0533 e. The monoisotopic (exact) mass is 433 g/mol. The van der Waals surface area contributed by atoms with Gasteiger partial charge in [-0.3, -0.25) is 9.89 Å². The van der Waals surface area contributed by atoms with E-state index < -0.39 is 0 Å². The minimum atomic E-state index is 0.450. The van der Waals surface area contributed by atoms with Gasteiger partial charge in [-0.15, -0.1) is 0 Å². The lowest BCUT2D eigenvalue weighted by atomic mass is 9.88. The first kappa shape index (κ1) is 23.9. The van der Waals surface area contributed by atoms with Crippen LogP contribution in [0.3, 0.4) is 0 Å². The molecule has 1 aliphatic heterocycles. The molecular formula is C27H39N5. The van der Waals surface area contributed by atoms with E-state index in [1.807, 2.05) is 20.2 Å². The third-order valence-electron chi connectivity index (χ3n) is 6.62. The van der Waals surface area contributed by atoms with Crippen LogP contribution in [-0.2, 0) is 0 Å². The topological polar surface area (TPSA) is 65.7 Å². The van der Waals surface area contributed by atoms with Crippen LogP contribution >= 0.6 is 0 Å². The van der Waals surface area contributed by atoms with Gasteiger partial charge in [0.1, 0.15) is 0 Å². The number of likely N-dealkylation sites (N-methyl/N-ethyl adjacent to an activating group) is 1. The van der Waals surface area contributed by atoms with Gasteiger partial charge in [-0.1, -0.05) is 43.8 Å². The van der Waals surface area contributed by atoms with E-state index in [-0.39, 0.29) is 0 Å². The molecule has 0 radical (unpaired) electrons. The summed E-state index contributed by atoms with van der Waals surface area (Å²) in [6, 6.07) is 8.96. The highest BCUT2D eigenvalue weighted by molar-refractivity contribution is 5.79. The molecular weight excluding hydrogens is 394 g/mol. The second kappa shape index (κ2) is 11.2. The van der Waals surface area contributed by atoms with Gasteiger partial charge in [0.2, 0.25) is 0 Å². The molecule has 5 heteroatoms. The van der Waals surface area contributed by atoms with Crippen LogP contribution < -0.4 is 16.4 Å². The van der Waals surface area contributed by atoms with Gasteiger partial charge in [-0.25, -0.2) is 0 Å². The minimum Gasteiger partial charge on any atom is -0.402 e. The highest BCUT2D eigenvalue weighted by atomic mass is 15.1. The molecule has 1 fully saturated rings. The largest absolute Gasteiger partial charge is 0.402 e. The summed E-state index contributed by atoms with van der Waals surface area (Å²) in [5, 5.41) is 6.86. The molecule has 32 heavy (non-hydrogen) atoms. The van der Waals surface area contributed by atoms with Crippen molar-refractivity contribution in [2.75, 3.05) is 33.7 Å². The molecule has 1 aliphatic carbocycles. The maximum absolute atomic E-state index is 6.02. The van der Waals surface area contributed by atoms with E-state index in [1.165, 1.54) is 24.1 Å². The van der Waals surface area contributed by atoms with Crippen molar-refractivity contribution >= 4 is 11.9 Å². The summed E-state index contributed by atoms with van der Waals surface area (Å²) >= 11 is 0. The second-order valence-electron chi connectivity index (χ2n) is 8.99. The Morgan fingerprint density at radius 3 is 2.53 bits per heavy atom. The fraction of sp³-hybridized carbons (Fsp3) is 0.444. The van der Waals surface area contributed by atoms with Crippen LogP contribution in [0.4, 0.5) is 0 Å². The Morgan fingerprint density at radius 1 is 1.25 bits per heavy atom. The molecule has 4 N–H and O–H groups in total. The van der Waals surface area contributed by atoms with Gasteiger partial charge >= 0.3 is 0 Å². The van der Waals surface area contributed by atoms with Crippen LogP contribution in [0.5, 0.6) is 0 Å². The Kier molecular flexibility index (Phi) is 8.34. The van der Waals surface area contributed by atoms with Crippen molar-refractivity contribution in [3.05, 3.63) is 76.8 Å². The number of aliphatic imine (C=N–C) groups is 1. The molecule has 0 bridgehead atoms. The van der Waals surface area contributed by atoms with E-state index in [2.05, 4.69) is 70.4 Å². The number of rotatable bonds is 8. The van der Waals surface area contributed by atoms with Gasteiger partial charge in [0.05, 0.1) is 5.70 Å². The Bertz CT molecular complexity index is 908. The summed E-state index contributed by atoms with van der Waals surface area (Å²) in [4.78, 5) is 6.63. The normalized spacial score (nSPS) is 21.1. The SMILES string of the molecule is C=C(NC1=C(NC)C=CCC1C)c1ccc(C2CCN(C/C(C=NC)=C(\C)N)CC2)cc1. The molecule has 5 nitrogen and oxygen atoms in total. The van der Waals surface area contributed by atoms with Crippen LogP contribution in [0, 0.1) is 5.92 Å². The number of piperidine rings is 1. The zero-order chi connectivity index (χ0) is 23.1. The van der Waals surface area contributed by atoms with Gasteiger partial charge in [0.15, 0.2) is 0 Å². The minimum absolute atomic E-state index is 0.450. The van der Waals surface area contributed by atoms with Crippen molar-refractivity contribution < 1.29 is 0 Å². The van der Waals surface area contributed by atoms with E-state index in [0.717, 1.165) is 54.3 Å². The Hall–Kier alpha value is -2.79. The maximum atomic E-state index is 6.02. The quantitative estimate of drug-likeness (QED) is 0.532. The molecule has 0 saturated carbocycles. The maximum Gasteiger partial charge on any atom is 0.0533 e. The lowest BCUT2D eigenvalue weighted by Crippen LogP contribution is -2.35. The number of nitrogens with two attached hydrogens (primary N) is 1. The predicted octanol–water partition coefficient (Wildman–Crippen LogP) is 4.39. The van der Waals surface area contributed by atoms with Gasteiger partial charge in [0, 0.05) is 55.4 Å². The number of nitrogens with one attached hydrogen (secondary N) is 2. The van der Waals surface area contributed by atoms with Gasteiger partial charge in [0.25, 0.3) is 0 Å². The lowest BCUT2D eigenvalue weighted by Gasteiger charge is -2.32. The summed E-state index contributed by atoms with van der Waals surface area (Å²) in [7, 11) is 3.76. The molecule has 0 amide bonds. The number of hydrogen-bond donors (Lipinski definition) is 3. The van der Waals surface area contributed by atoms with E-state index in [1.54, 1.807) is 7.05 Å². The Labute approximate surface area is 193 Å². The van der Waals surface area contributed by atoms with Crippen LogP contribution in [0.25, 0.3) is 5.70 Å². The first-order chi connectivity index (χ1) is 15.4. The molecule has 172 valence electrons. The predicted molar refractivity (Wildman–Crippen MR) is 137 cm³/mol. The lowest BCUT2D eigenvalue weighted by molar-refractivity contribution is 0.230. The van der Waals surface area contributed by atoms with E-state index >= 15 is 0 Å². The van der Waals surface area contributed by atoms with Crippen molar-refractivity contribution in [3.63, 3.8) is 0 Å². The average Bonchev–Trinajstić information content (AvgIpc) is 2.80. The summed E-state index contributed by atoms with van der Waals surface area (Å²) in [5.41, 5.74) is 13.9. The van der Waals surface area contributed by atoms with Gasteiger partial charge in [-0.05, 0) is 62.4 Å². The molecule has 0 aromatic heterocycles. The first-order valence-corrected chi connectivity index (χ1v) is 11.7. The molecule has 1 aromatic carbocycles. The number of allylic oxidation sites excluding steroid dienone is 4. The average molecular weight is 434 g/mol. The fourth-order valence-electron chi connectivity index (χ4n) is 4.55. The van der Waals surface area contributed by atoms with Crippen molar-refractivity contribution in [1.29, 1.82) is 0 Å². The standard InChI is InChI=1S/C27H39N5/c1-19-7-6-8-26(30-5)27(19)31-21(3)22-9-11-23(12-10-22)24-13-15-32(16-14-24)18-25(17-29-4)20(2)28/h6,8-12,17,19,24,30-31H,3,7,13-16,18,28H2,1-2,4-5H3/b25-20+,29-17?. The molecule has 1 heterocycles. The molecule has 1 saturated heterocycles. The molecule has 1 atom stereocenters. The van der Waals surface area contributed by atoms with Crippen molar-refractivity contribution in [3.8, 4) is 0 Å². The van der Waals surface area contributed by atoms with Gasteiger partial charge in [-0.2, -0.15) is 0 Å². The van der Waals surface area contributed by atoms with Crippen molar-refractivity contribution in [2.45, 2.75) is 39.0 Å². The van der Waals surface area contributed by atoms with E-state index in [4.69, 9.17) is 5.73 Å². The third-order valence-corrected chi connectivity index (χ3v) is 6.62. The molecule has 0 spiro atoms. The van der Waals surface area contributed by atoms with Crippen LogP contribution in [0.15, 0.2) is 70.7 Å². The molecule has 3 rings (SSSR count). The van der Waals surface area contributed by atoms with Crippen LogP contribution in [0.2, 0.25) is 0 Å². The number of likely N-dealkylation sites (tertiary alicyclic amines) is 1. The fourth-order valence-corrected chi connectivity index (χ4v) is 4.55. The van der Waals surface area contributed by atoms with E-state index in [9.17, 15) is 0 Å². The highest BCUT2D eigenvalue weighted by Gasteiger charge is 2.22. The summed E-state index contributed by atoms with van der Waals surface area (Å²) in [5.74, 6) is 1.06. The van der Waals surface area contributed by atoms with Crippen molar-refractivity contribution in [1.82, 2.24) is 15.5 Å². The first-order valence-electron chi connectivity index (χ1n) is 11.7. The summed E-state index contributed by atoms with van der Waals surface area (Å²) in [6.45, 7) is 11.6.